The third kappa shape index (κ3) is 5.00. The zero-order chi connectivity index (χ0) is 11.8. The van der Waals surface area contributed by atoms with Gasteiger partial charge >= 0.3 is 0 Å². The van der Waals surface area contributed by atoms with Crippen molar-refractivity contribution in [3.8, 4) is 0 Å². The Balaban J connectivity index is 4.70. The summed E-state index contributed by atoms with van der Waals surface area (Å²) in [5.74, 6) is 0.0999. The van der Waals surface area contributed by atoms with Crippen LogP contribution in [0, 0.1) is 0 Å². The van der Waals surface area contributed by atoms with E-state index in [2.05, 4.69) is 10.3 Å². The normalized spacial score (nSPS) is 11.6. The second-order valence-corrected chi connectivity index (χ2v) is 3.26. The predicted octanol–water partition coefficient (Wildman–Crippen LogP) is 1.70. The number of carbonyl (C=O) groups is 1. The van der Waals surface area contributed by atoms with Crippen LogP contribution in [0.15, 0.2) is 28.2 Å². The summed E-state index contributed by atoms with van der Waals surface area (Å²) in [6.45, 7) is 7.38. The zero-order valence-corrected chi connectivity index (χ0v) is 9.79. The maximum Gasteiger partial charge on any atom is 0.275 e. The smallest absolute Gasteiger partial charge is 0.275 e. The van der Waals surface area contributed by atoms with Gasteiger partial charge in [-0.25, -0.2) is 0 Å². The van der Waals surface area contributed by atoms with Gasteiger partial charge in [0.2, 0.25) is 0 Å². The maximum absolute atomic E-state index is 11.7. The molecule has 0 spiro atoms. The molecule has 4 heteroatoms. The van der Waals surface area contributed by atoms with Crippen molar-refractivity contribution in [2.45, 2.75) is 34.1 Å². The van der Waals surface area contributed by atoms with Gasteiger partial charge in [-0.2, -0.15) is 0 Å². The summed E-state index contributed by atoms with van der Waals surface area (Å²) in [5.41, 5.74) is 6.84. The lowest BCUT2D eigenvalue weighted by atomic mass is 10.2. The monoisotopic (exact) mass is 209 g/mol. The molecule has 0 rings (SSSR count). The minimum absolute atomic E-state index is 0.268. The molecule has 84 valence electrons. The number of hydrogen-bond donors (Lipinski definition) is 2. The summed E-state index contributed by atoms with van der Waals surface area (Å²) in [5, 5.41) is 2.58. The fourth-order valence-electron chi connectivity index (χ4n) is 1.01. The molecule has 0 aromatic rings. The Hall–Kier alpha value is -1.58. The molecule has 0 heterocycles. The molecular formula is C11H19N3O. The fraction of sp³-hybridized carbons (Fsp3) is 0.455. The van der Waals surface area contributed by atoms with E-state index in [1.54, 1.807) is 19.2 Å². The average molecular weight is 209 g/mol. The van der Waals surface area contributed by atoms with E-state index in [1.807, 2.05) is 20.8 Å². The van der Waals surface area contributed by atoms with Gasteiger partial charge < -0.3 is 11.1 Å². The topological polar surface area (TPSA) is 67.5 Å². The lowest BCUT2D eigenvalue weighted by molar-refractivity contribution is -0.116. The number of hydrogen-bond acceptors (Lipinski definition) is 3. The third-order valence-electron chi connectivity index (χ3n) is 1.63. The van der Waals surface area contributed by atoms with Gasteiger partial charge in [-0.3, -0.25) is 9.79 Å². The maximum atomic E-state index is 11.7. The molecule has 0 aliphatic rings. The van der Waals surface area contributed by atoms with Crippen molar-refractivity contribution in [2.75, 3.05) is 0 Å². The second-order valence-electron chi connectivity index (χ2n) is 3.26. The van der Waals surface area contributed by atoms with Gasteiger partial charge in [-0.15, -0.1) is 0 Å². The van der Waals surface area contributed by atoms with Crippen molar-refractivity contribution in [2.24, 2.45) is 10.7 Å². The van der Waals surface area contributed by atoms with Crippen molar-refractivity contribution in [3.63, 3.8) is 0 Å². The number of rotatable bonds is 4. The lowest BCUT2D eigenvalue weighted by Crippen LogP contribution is -2.28. The van der Waals surface area contributed by atoms with Crippen LogP contribution in [-0.2, 0) is 4.79 Å². The first-order valence-electron chi connectivity index (χ1n) is 4.96. The molecule has 0 fully saturated rings. The first-order chi connectivity index (χ1) is 7.02. The molecule has 0 atom stereocenters. The van der Waals surface area contributed by atoms with Crippen LogP contribution in [0.25, 0.3) is 0 Å². The molecule has 15 heavy (non-hydrogen) atoms. The Morgan fingerprint density at radius 3 is 2.47 bits per heavy atom. The number of allylic oxidation sites excluding steroid dienone is 2. The second kappa shape index (κ2) is 6.81. The number of nitrogens with one attached hydrogen (secondary N) is 1. The number of aliphatic imine (C=N–C) groups is 1. The number of nitrogens with two attached hydrogens (primary N) is 1. The van der Waals surface area contributed by atoms with Gasteiger partial charge in [-0.05, 0) is 38.8 Å². The minimum Gasteiger partial charge on any atom is -0.385 e. The highest BCUT2D eigenvalue weighted by atomic mass is 16.2. The third-order valence-corrected chi connectivity index (χ3v) is 1.63. The average Bonchev–Trinajstić information content (AvgIpc) is 2.13. The summed E-state index contributed by atoms with van der Waals surface area (Å²) in [6.07, 6.45) is 4.12. The van der Waals surface area contributed by atoms with Crippen LogP contribution in [0.5, 0.6) is 0 Å². The molecule has 0 bridgehead atoms. The van der Waals surface area contributed by atoms with Crippen molar-refractivity contribution in [3.05, 3.63) is 23.2 Å². The van der Waals surface area contributed by atoms with Gasteiger partial charge in [0.15, 0.2) is 0 Å². The van der Waals surface area contributed by atoms with E-state index in [4.69, 9.17) is 5.73 Å². The SMILES string of the molecule is C/C=N\C(C(=O)N/C(N)=C/CC)=C(C)C. The molecule has 0 unspecified atom stereocenters. The van der Waals surface area contributed by atoms with Crippen molar-refractivity contribution in [1.29, 1.82) is 0 Å². The van der Waals surface area contributed by atoms with E-state index >= 15 is 0 Å². The van der Waals surface area contributed by atoms with Crippen LogP contribution in [0.4, 0.5) is 0 Å². The van der Waals surface area contributed by atoms with Crippen molar-refractivity contribution < 1.29 is 4.79 Å². The first-order valence-corrected chi connectivity index (χ1v) is 4.96. The summed E-state index contributed by atoms with van der Waals surface area (Å²) in [7, 11) is 0. The quantitative estimate of drug-likeness (QED) is 0.546. The van der Waals surface area contributed by atoms with Crippen molar-refractivity contribution in [1.82, 2.24) is 5.32 Å². The Morgan fingerprint density at radius 2 is 2.07 bits per heavy atom. The van der Waals surface area contributed by atoms with Crippen LogP contribution in [0.2, 0.25) is 0 Å². The molecule has 1 amide bonds. The number of nitrogens with zero attached hydrogens (tertiary/aromatic N) is 1. The molecule has 4 nitrogen and oxygen atoms in total. The molecule has 0 aliphatic carbocycles. The largest absolute Gasteiger partial charge is 0.385 e. The Labute approximate surface area is 91.0 Å². The molecule has 0 aromatic heterocycles. The standard InChI is InChI=1S/C11H19N3O/c1-5-7-9(12)14-11(15)10(8(3)4)13-6-2/h6-7H,5,12H2,1-4H3,(H,14,15)/b9-7+,13-6-. The number of amides is 1. The predicted molar refractivity (Wildman–Crippen MR) is 63.2 cm³/mol. The van der Waals surface area contributed by atoms with E-state index in [9.17, 15) is 4.79 Å². The van der Waals surface area contributed by atoms with Crippen LogP contribution in [-0.4, -0.2) is 12.1 Å². The summed E-state index contributed by atoms with van der Waals surface area (Å²) >= 11 is 0. The molecule has 0 radical (unpaired) electrons. The highest BCUT2D eigenvalue weighted by Crippen LogP contribution is 2.05. The molecule has 0 saturated heterocycles. The van der Waals surface area contributed by atoms with Crippen LogP contribution in [0.3, 0.4) is 0 Å². The molecule has 3 N–H and O–H groups in total. The molecular weight excluding hydrogens is 190 g/mol. The summed E-state index contributed by atoms with van der Waals surface area (Å²) < 4.78 is 0. The molecule has 0 aliphatic heterocycles. The Morgan fingerprint density at radius 1 is 1.47 bits per heavy atom. The number of carbonyl (C=O) groups excluding carboxylic acids is 1. The summed E-state index contributed by atoms with van der Waals surface area (Å²) in [6, 6.07) is 0. The fourth-order valence-corrected chi connectivity index (χ4v) is 1.01. The first kappa shape index (κ1) is 13.4. The van der Waals surface area contributed by atoms with E-state index in [1.165, 1.54) is 0 Å². The van der Waals surface area contributed by atoms with Crippen LogP contribution in [0.1, 0.15) is 34.1 Å². The van der Waals surface area contributed by atoms with E-state index in [-0.39, 0.29) is 5.91 Å². The van der Waals surface area contributed by atoms with Crippen molar-refractivity contribution >= 4 is 12.1 Å². The van der Waals surface area contributed by atoms with Gasteiger partial charge in [0.1, 0.15) is 5.70 Å². The van der Waals surface area contributed by atoms with Gasteiger partial charge in [0.25, 0.3) is 5.91 Å². The van der Waals surface area contributed by atoms with E-state index in [0.717, 1.165) is 12.0 Å². The summed E-state index contributed by atoms with van der Waals surface area (Å²) in [4.78, 5) is 15.7. The van der Waals surface area contributed by atoms with Gasteiger partial charge in [-0.1, -0.05) is 6.92 Å². The Kier molecular flexibility index (Phi) is 6.09. The van der Waals surface area contributed by atoms with E-state index in [0.29, 0.717) is 11.5 Å². The highest BCUT2D eigenvalue weighted by Gasteiger charge is 2.09. The molecule has 0 aromatic carbocycles. The lowest BCUT2D eigenvalue weighted by Gasteiger charge is -2.06. The van der Waals surface area contributed by atoms with E-state index < -0.39 is 0 Å². The van der Waals surface area contributed by atoms with Crippen LogP contribution >= 0.6 is 0 Å². The molecule has 0 saturated carbocycles. The zero-order valence-electron chi connectivity index (χ0n) is 9.79. The van der Waals surface area contributed by atoms with Gasteiger partial charge in [0, 0.05) is 6.21 Å². The highest BCUT2D eigenvalue weighted by molar-refractivity contribution is 5.95. The van der Waals surface area contributed by atoms with Gasteiger partial charge in [0.05, 0.1) is 5.82 Å². The van der Waals surface area contributed by atoms with Crippen LogP contribution < -0.4 is 11.1 Å². The Bertz CT molecular complexity index is 310. The minimum atomic E-state index is -0.268.